The third kappa shape index (κ3) is 3.84. The van der Waals surface area contributed by atoms with Gasteiger partial charge in [0.1, 0.15) is 0 Å². The SMILES string of the molecule is Cn1c(=O)sc2cc(NC(=O)c3cccc(S(=O)(=O)N4CCOCC4)c3)ccc21. The van der Waals surface area contributed by atoms with Gasteiger partial charge in [-0.25, -0.2) is 8.42 Å². The maximum Gasteiger partial charge on any atom is 0.307 e. The fourth-order valence-corrected chi connectivity index (χ4v) is 5.52. The van der Waals surface area contributed by atoms with Crippen LogP contribution in [0.2, 0.25) is 0 Å². The Morgan fingerprint density at radius 2 is 1.90 bits per heavy atom. The molecule has 1 aromatic heterocycles. The summed E-state index contributed by atoms with van der Waals surface area (Å²) >= 11 is 1.10. The van der Waals surface area contributed by atoms with Crippen LogP contribution in [-0.2, 0) is 21.8 Å². The molecule has 1 fully saturated rings. The van der Waals surface area contributed by atoms with Crippen molar-refractivity contribution >= 4 is 43.2 Å². The second-order valence-corrected chi connectivity index (χ2v) is 9.54. The lowest BCUT2D eigenvalue weighted by atomic mass is 10.2. The van der Waals surface area contributed by atoms with Crippen LogP contribution in [0.1, 0.15) is 10.4 Å². The summed E-state index contributed by atoms with van der Waals surface area (Å²) in [4.78, 5) is 24.4. The minimum Gasteiger partial charge on any atom is -0.379 e. The molecule has 10 heteroatoms. The topological polar surface area (TPSA) is 97.7 Å². The van der Waals surface area contributed by atoms with Crippen LogP contribution < -0.4 is 10.2 Å². The summed E-state index contributed by atoms with van der Waals surface area (Å²) in [6, 6.07) is 11.2. The number of anilines is 1. The Bertz CT molecular complexity index is 1240. The van der Waals surface area contributed by atoms with Crippen LogP contribution in [0.15, 0.2) is 52.2 Å². The molecule has 0 bridgehead atoms. The zero-order valence-corrected chi connectivity index (χ0v) is 17.3. The predicted molar refractivity (Wildman–Crippen MR) is 111 cm³/mol. The minimum atomic E-state index is -3.68. The lowest BCUT2D eigenvalue weighted by Crippen LogP contribution is -2.40. The number of amides is 1. The van der Waals surface area contributed by atoms with Crippen LogP contribution in [0.3, 0.4) is 0 Å². The minimum absolute atomic E-state index is 0.0729. The van der Waals surface area contributed by atoms with E-state index in [9.17, 15) is 18.0 Å². The number of fused-ring (bicyclic) bond motifs is 1. The quantitative estimate of drug-likeness (QED) is 0.678. The van der Waals surface area contributed by atoms with Gasteiger partial charge in [-0.05, 0) is 36.4 Å². The number of aryl methyl sites for hydroxylation is 1. The van der Waals surface area contributed by atoms with E-state index >= 15 is 0 Å². The van der Waals surface area contributed by atoms with Crippen molar-refractivity contribution in [3.05, 3.63) is 57.7 Å². The first-order chi connectivity index (χ1) is 13.9. The molecule has 29 heavy (non-hydrogen) atoms. The number of ether oxygens (including phenoxy) is 1. The molecule has 2 aromatic carbocycles. The van der Waals surface area contributed by atoms with Gasteiger partial charge in [-0.1, -0.05) is 17.4 Å². The van der Waals surface area contributed by atoms with Gasteiger partial charge in [-0.2, -0.15) is 4.31 Å². The number of sulfonamides is 1. The lowest BCUT2D eigenvalue weighted by molar-refractivity contribution is 0.0730. The zero-order chi connectivity index (χ0) is 20.6. The Labute approximate surface area is 171 Å². The van der Waals surface area contributed by atoms with Gasteiger partial charge in [0.2, 0.25) is 10.0 Å². The highest BCUT2D eigenvalue weighted by Crippen LogP contribution is 2.23. The maximum absolute atomic E-state index is 12.8. The Hall–Kier alpha value is -2.53. The van der Waals surface area contributed by atoms with E-state index in [-0.39, 0.29) is 15.3 Å². The van der Waals surface area contributed by atoms with Crippen molar-refractivity contribution < 1.29 is 17.9 Å². The molecule has 1 aliphatic rings. The summed E-state index contributed by atoms with van der Waals surface area (Å²) in [5.41, 5.74) is 1.56. The smallest absolute Gasteiger partial charge is 0.307 e. The standard InChI is InChI=1S/C19H19N3O5S2/c1-21-16-6-5-14(12-17(16)28-19(21)24)20-18(23)13-3-2-4-15(11-13)29(25,26)22-7-9-27-10-8-22/h2-6,11-12H,7-10H2,1H3,(H,20,23). The number of hydrogen-bond donors (Lipinski definition) is 1. The maximum atomic E-state index is 12.8. The Morgan fingerprint density at radius 1 is 1.14 bits per heavy atom. The van der Waals surface area contributed by atoms with Gasteiger partial charge >= 0.3 is 4.87 Å². The zero-order valence-electron chi connectivity index (χ0n) is 15.6. The number of carbonyl (C=O) groups excluding carboxylic acids is 1. The predicted octanol–water partition coefficient (Wildman–Crippen LogP) is 1.87. The molecule has 3 aromatic rings. The second-order valence-electron chi connectivity index (χ2n) is 6.61. The average Bonchev–Trinajstić information content (AvgIpc) is 3.02. The third-order valence-corrected chi connectivity index (χ3v) is 7.64. The highest BCUT2D eigenvalue weighted by atomic mass is 32.2. The van der Waals surface area contributed by atoms with Crippen molar-refractivity contribution in [1.82, 2.24) is 8.87 Å². The molecular formula is C19H19N3O5S2. The number of carbonyl (C=O) groups is 1. The van der Waals surface area contributed by atoms with E-state index in [0.717, 1.165) is 21.6 Å². The molecule has 1 saturated heterocycles. The Balaban J connectivity index is 1.58. The van der Waals surface area contributed by atoms with Crippen LogP contribution in [0.25, 0.3) is 10.2 Å². The van der Waals surface area contributed by atoms with E-state index in [4.69, 9.17) is 4.74 Å². The van der Waals surface area contributed by atoms with Gasteiger partial charge in [0.15, 0.2) is 0 Å². The van der Waals surface area contributed by atoms with Crippen LogP contribution in [0.4, 0.5) is 5.69 Å². The molecule has 0 spiro atoms. The first-order valence-corrected chi connectivity index (χ1v) is 11.2. The monoisotopic (exact) mass is 433 g/mol. The number of aromatic nitrogens is 1. The number of nitrogens with zero attached hydrogens (tertiary/aromatic N) is 2. The van der Waals surface area contributed by atoms with Gasteiger partial charge in [0.25, 0.3) is 5.91 Å². The van der Waals surface area contributed by atoms with Gasteiger partial charge < -0.3 is 14.6 Å². The van der Waals surface area contributed by atoms with E-state index in [1.807, 2.05) is 0 Å². The van der Waals surface area contributed by atoms with Gasteiger partial charge in [0, 0.05) is 31.4 Å². The molecule has 2 heterocycles. The Kier molecular flexibility index (Phi) is 5.26. The number of hydrogen-bond acceptors (Lipinski definition) is 6. The molecule has 4 rings (SSSR count). The molecule has 0 atom stereocenters. The first-order valence-electron chi connectivity index (χ1n) is 8.95. The van der Waals surface area contributed by atoms with Crippen molar-refractivity contribution in [3.63, 3.8) is 0 Å². The number of morpholine rings is 1. The van der Waals surface area contributed by atoms with Gasteiger partial charge in [-0.3, -0.25) is 9.59 Å². The van der Waals surface area contributed by atoms with E-state index in [1.54, 1.807) is 41.9 Å². The highest BCUT2D eigenvalue weighted by Gasteiger charge is 2.26. The van der Waals surface area contributed by atoms with Crippen molar-refractivity contribution in [2.45, 2.75) is 4.90 Å². The molecule has 152 valence electrons. The molecule has 1 aliphatic heterocycles. The molecule has 1 N–H and O–H groups in total. The summed E-state index contributed by atoms with van der Waals surface area (Å²) < 4.78 is 34.5. The van der Waals surface area contributed by atoms with Gasteiger partial charge in [0.05, 0.1) is 28.3 Å². The Morgan fingerprint density at radius 3 is 2.66 bits per heavy atom. The number of rotatable bonds is 4. The van der Waals surface area contributed by atoms with Crippen LogP contribution in [0, 0.1) is 0 Å². The molecule has 0 unspecified atom stereocenters. The lowest BCUT2D eigenvalue weighted by Gasteiger charge is -2.26. The molecule has 0 aliphatic carbocycles. The van der Waals surface area contributed by atoms with Crippen molar-refractivity contribution in [3.8, 4) is 0 Å². The average molecular weight is 434 g/mol. The fraction of sp³-hybridized carbons (Fsp3) is 0.263. The van der Waals surface area contributed by atoms with Crippen molar-refractivity contribution in [2.75, 3.05) is 31.6 Å². The van der Waals surface area contributed by atoms with Crippen molar-refractivity contribution in [1.29, 1.82) is 0 Å². The molecule has 1 amide bonds. The molecule has 0 radical (unpaired) electrons. The van der Waals surface area contributed by atoms with Crippen LogP contribution in [-0.4, -0.2) is 49.5 Å². The number of benzene rings is 2. The largest absolute Gasteiger partial charge is 0.379 e. The normalized spacial score (nSPS) is 15.5. The first kappa shape index (κ1) is 19.8. The summed E-state index contributed by atoms with van der Waals surface area (Å²) in [6.07, 6.45) is 0. The van der Waals surface area contributed by atoms with Crippen molar-refractivity contribution in [2.24, 2.45) is 7.05 Å². The summed E-state index contributed by atoms with van der Waals surface area (Å²) in [5.74, 6) is -0.424. The highest BCUT2D eigenvalue weighted by molar-refractivity contribution is 7.89. The fourth-order valence-electron chi connectivity index (χ4n) is 3.15. The van der Waals surface area contributed by atoms with E-state index < -0.39 is 15.9 Å². The number of nitrogens with one attached hydrogen (secondary N) is 1. The second kappa shape index (κ2) is 7.71. The van der Waals surface area contributed by atoms with Crippen LogP contribution in [0.5, 0.6) is 0 Å². The molecule has 0 saturated carbocycles. The third-order valence-electron chi connectivity index (χ3n) is 4.75. The van der Waals surface area contributed by atoms with Gasteiger partial charge in [-0.15, -0.1) is 0 Å². The van der Waals surface area contributed by atoms with Crippen LogP contribution >= 0.6 is 11.3 Å². The molecular weight excluding hydrogens is 414 g/mol. The van der Waals surface area contributed by atoms with E-state index in [1.165, 1.54) is 16.4 Å². The number of thiazole rings is 1. The van der Waals surface area contributed by atoms with E-state index in [0.29, 0.717) is 32.0 Å². The molecule has 8 nitrogen and oxygen atoms in total. The van der Waals surface area contributed by atoms with E-state index in [2.05, 4.69) is 5.32 Å². The summed E-state index contributed by atoms with van der Waals surface area (Å²) in [5, 5.41) is 2.77. The summed E-state index contributed by atoms with van der Waals surface area (Å²) in [7, 11) is -1.99. The summed E-state index contributed by atoms with van der Waals surface area (Å²) in [6.45, 7) is 1.29.